The van der Waals surface area contributed by atoms with Gasteiger partial charge in [-0.15, -0.1) is 0 Å². The van der Waals surface area contributed by atoms with E-state index in [0.717, 1.165) is 17.5 Å². The fourth-order valence-corrected chi connectivity index (χ4v) is 1.63. The molecule has 78 valence electrons. The zero-order valence-corrected chi connectivity index (χ0v) is 8.86. The first-order valence-corrected chi connectivity index (χ1v) is 4.88. The van der Waals surface area contributed by atoms with Crippen LogP contribution in [0.3, 0.4) is 0 Å². The first kappa shape index (κ1) is 9.98. The number of carbonyl (C=O) groups excluding carboxylic acids is 1. The molecule has 0 N–H and O–H groups in total. The van der Waals surface area contributed by atoms with Gasteiger partial charge in [0.05, 0.1) is 11.2 Å². The van der Waals surface area contributed by atoms with E-state index in [-0.39, 0.29) is 0 Å². The minimum absolute atomic E-state index is 0.687. The molecule has 0 radical (unpaired) electrons. The summed E-state index contributed by atoms with van der Waals surface area (Å²) in [5, 5.41) is 5.08. The van der Waals surface area contributed by atoms with Gasteiger partial charge in [0.25, 0.3) is 0 Å². The van der Waals surface area contributed by atoms with E-state index < -0.39 is 6.09 Å². The smallest absolute Gasteiger partial charge is 0.329 e. The summed E-state index contributed by atoms with van der Waals surface area (Å²) in [6.45, 7) is 1.98. The number of aromatic nitrogens is 2. The van der Waals surface area contributed by atoms with Gasteiger partial charge in [-0.05, 0) is 12.5 Å². The predicted octanol–water partition coefficient (Wildman–Crippen LogP) is 2.74. The van der Waals surface area contributed by atoms with Crippen molar-refractivity contribution >= 4 is 28.9 Å². The Labute approximate surface area is 91.6 Å². The van der Waals surface area contributed by atoms with Crippen molar-refractivity contribution in [2.45, 2.75) is 13.3 Å². The Hall–Kier alpha value is -1.55. The minimum atomic E-state index is -0.687. The Bertz CT molecular complexity index is 507. The molecule has 5 heteroatoms. The van der Waals surface area contributed by atoms with Gasteiger partial charge in [-0.2, -0.15) is 9.78 Å². The molecule has 2 aromatic rings. The lowest BCUT2D eigenvalue weighted by atomic mass is 10.2. The Morgan fingerprint density at radius 3 is 2.93 bits per heavy atom. The van der Waals surface area contributed by atoms with Crippen LogP contribution in [0.5, 0.6) is 0 Å². The van der Waals surface area contributed by atoms with E-state index in [4.69, 9.17) is 11.9 Å². The van der Waals surface area contributed by atoms with Crippen molar-refractivity contribution < 1.29 is 9.08 Å². The summed E-state index contributed by atoms with van der Waals surface area (Å²) in [5.74, 6) is 0. The Kier molecular flexibility index (Phi) is 2.60. The Morgan fingerprint density at radius 1 is 1.53 bits per heavy atom. The molecule has 4 nitrogen and oxygen atoms in total. The zero-order valence-electron chi connectivity index (χ0n) is 8.11. The predicted molar refractivity (Wildman–Crippen MR) is 56.8 cm³/mol. The van der Waals surface area contributed by atoms with Crippen molar-refractivity contribution in [1.82, 2.24) is 9.78 Å². The number of aryl methyl sites for hydroxylation is 1. The second kappa shape index (κ2) is 3.90. The van der Waals surface area contributed by atoms with E-state index in [1.54, 1.807) is 6.07 Å². The molecule has 0 spiro atoms. The average molecular weight is 225 g/mol. The number of rotatable bonds is 1. The van der Waals surface area contributed by atoms with Crippen molar-refractivity contribution in [3.05, 3.63) is 30.0 Å². The van der Waals surface area contributed by atoms with Gasteiger partial charge in [-0.25, -0.2) is 4.79 Å². The van der Waals surface area contributed by atoms with Crippen LogP contribution in [0, 0.1) is 0 Å². The molecule has 1 aromatic heterocycles. The van der Waals surface area contributed by atoms with Gasteiger partial charge in [0, 0.05) is 5.39 Å². The van der Waals surface area contributed by atoms with Crippen molar-refractivity contribution in [3.8, 4) is 0 Å². The minimum Gasteiger partial charge on any atom is -0.329 e. The maximum absolute atomic E-state index is 11.3. The van der Waals surface area contributed by atoms with E-state index in [9.17, 15) is 4.79 Å². The molecule has 0 saturated carbocycles. The molecule has 0 aliphatic rings. The SMILES string of the molecule is CCc1nn(C(=O)OCl)c2ccccc12. The molecule has 0 atom stereocenters. The molecule has 1 aromatic carbocycles. The lowest BCUT2D eigenvalue weighted by Crippen LogP contribution is -2.10. The number of fused-ring (bicyclic) bond motifs is 1. The molecule has 15 heavy (non-hydrogen) atoms. The first-order valence-electron chi connectivity index (χ1n) is 4.57. The van der Waals surface area contributed by atoms with E-state index in [0.29, 0.717) is 5.52 Å². The Balaban J connectivity index is 2.70. The summed E-state index contributed by atoms with van der Waals surface area (Å²) in [5.41, 5.74) is 1.56. The summed E-state index contributed by atoms with van der Waals surface area (Å²) in [4.78, 5) is 11.3. The van der Waals surface area contributed by atoms with Crippen LogP contribution in [0.15, 0.2) is 24.3 Å². The molecule has 0 saturated heterocycles. The van der Waals surface area contributed by atoms with Crippen molar-refractivity contribution in [2.75, 3.05) is 0 Å². The van der Waals surface area contributed by atoms with Crippen LogP contribution in [0.25, 0.3) is 10.9 Å². The summed E-state index contributed by atoms with van der Waals surface area (Å²) in [6, 6.07) is 7.45. The molecule has 0 amide bonds. The maximum atomic E-state index is 11.3. The highest BCUT2D eigenvalue weighted by Crippen LogP contribution is 2.18. The van der Waals surface area contributed by atoms with E-state index in [1.807, 2.05) is 25.1 Å². The van der Waals surface area contributed by atoms with Crippen LogP contribution in [-0.4, -0.2) is 15.9 Å². The van der Waals surface area contributed by atoms with Crippen LogP contribution in [0.4, 0.5) is 4.79 Å². The third-order valence-corrected chi connectivity index (χ3v) is 2.37. The number of halogens is 1. The highest BCUT2D eigenvalue weighted by Gasteiger charge is 2.14. The van der Waals surface area contributed by atoms with Crippen molar-refractivity contribution in [3.63, 3.8) is 0 Å². The molecule has 2 rings (SSSR count). The largest absolute Gasteiger partial charge is 0.453 e. The van der Waals surface area contributed by atoms with Crippen LogP contribution in [0.2, 0.25) is 0 Å². The van der Waals surface area contributed by atoms with Gasteiger partial charge in [-0.3, -0.25) is 0 Å². The number of hydrogen-bond donors (Lipinski definition) is 0. The third kappa shape index (κ3) is 1.57. The number of hydrogen-bond acceptors (Lipinski definition) is 3. The van der Waals surface area contributed by atoms with Gasteiger partial charge in [-0.1, -0.05) is 25.1 Å². The number of nitrogens with zero attached hydrogens (tertiary/aromatic N) is 2. The van der Waals surface area contributed by atoms with E-state index in [2.05, 4.69) is 9.39 Å². The van der Waals surface area contributed by atoms with Gasteiger partial charge >= 0.3 is 6.09 Å². The average Bonchev–Trinajstić information content (AvgIpc) is 2.67. The molecule has 0 fully saturated rings. The van der Waals surface area contributed by atoms with Gasteiger partial charge in [0.15, 0.2) is 0 Å². The molecule has 0 bridgehead atoms. The second-order valence-corrected chi connectivity index (χ2v) is 3.23. The third-order valence-electron chi connectivity index (χ3n) is 2.24. The fraction of sp³-hybridized carbons (Fsp3) is 0.200. The number of benzene rings is 1. The quantitative estimate of drug-likeness (QED) is 0.748. The van der Waals surface area contributed by atoms with Gasteiger partial charge in [0.2, 0.25) is 0 Å². The topological polar surface area (TPSA) is 44.1 Å². The standard InChI is InChI=1S/C10H9ClN2O2/c1-2-8-7-5-3-4-6-9(7)13(12-8)10(14)15-11/h3-6H,2H2,1H3. The summed E-state index contributed by atoms with van der Waals surface area (Å²) in [7, 11) is 0. The number of para-hydroxylation sites is 1. The van der Waals surface area contributed by atoms with Crippen LogP contribution in [-0.2, 0) is 10.7 Å². The molecule has 1 heterocycles. The zero-order chi connectivity index (χ0) is 10.8. The van der Waals surface area contributed by atoms with Crippen molar-refractivity contribution in [2.24, 2.45) is 0 Å². The molecule has 0 unspecified atom stereocenters. The second-order valence-electron chi connectivity index (χ2n) is 3.07. The normalized spacial score (nSPS) is 10.5. The lowest BCUT2D eigenvalue weighted by Gasteiger charge is -1.95. The highest BCUT2D eigenvalue weighted by molar-refractivity contribution is 6.13. The molecular weight excluding hydrogens is 216 g/mol. The van der Waals surface area contributed by atoms with Gasteiger partial charge < -0.3 is 4.29 Å². The van der Waals surface area contributed by atoms with Gasteiger partial charge in [0.1, 0.15) is 11.9 Å². The monoisotopic (exact) mass is 224 g/mol. The molecule has 0 aliphatic heterocycles. The summed E-state index contributed by atoms with van der Waals surface area (Å²) in [6.07, 6.45) is 0.0656. The van der Waals surface area contributed by atoms with Crippen LogP contribution < -0.4 is 0 Å². The number of carbonyl (C=O) groups is 1. The van der Waals surface area contributed by atoms with E-state index in [1.165, 1.54) is 4.68 Å². The summed E-state index contributed by atoms with van der Waals surface area (Å²) >= 11 is 5.03. The van der Waals surface area contributed by atoms with Crippen LogP contribution >= 0.6 is 11.9 Å². The lowest BCUT2D eigenvalue weighted by molar-refractivity contribution is 0.204. The fourth-order valence-electron chi connectivity index (χ4n) is 1.56. The molecular formula is C10H9ClN2O2. The Morgan fingerprint density at radius 2 is 2.27 bits per heavy atom. The highest BCUT2D eigenvalue weighted by atomic mass is 35.5. The molecule has 0 aliphatic carbocycles. The van der Waals surface area contributed by atoms with Crippen LogP contribution in [0.1, 0.15) is 12.6 Å². The van der Waals surface area contributed by atoms with E-state index >= 15 is 0 Å². The maximum Gasteiger partial charge on any atom is 0.453 e. The first-order chi connectivity index (χ1) is 7.27. The summed E-state index contributed by atoms with van der Waals surface area (Å²) < 4.78 is 5.30. The van der Waals surface area contributed by atoms with Crippen molar-refractivity contribution in [1.29, 1.82) is 0 Å².